The molecule has 0 heterocycles. The summed E-state index contributed by atoms with van der Waals surface area (Å²) in [5.74, 6) is -0.836. The third-order valence-corrected chi connectivity index (χ3v) is 1.81. The Balaban J connectivity index is 0.000000671. The number of carbonyl (C=O) groups is 1. The van der Waals surface area contributed by atoms with Crippen LogP contribution in [0.4, 0.5) is 0 Å². The molecule has 0 spiro atoms. The third-order valence-electron chi connectivity index (χ3n) is 1.81. The Morgan fingerprint density at radius 3 is 2.31 bits per heavy atom. The smallest absolute Gasteiger partial charge is 0.335 e. The van der Waals surface area contributed by atoms with Crippen LogP contribution in [-0.4, -0.2) is 11.1 Å². The molecule has 0 radical (unpaired) electrons. The van der Waals surface area contributed by atoms with E-state index in [0.29, 0.717) is 5.57 Å². The van der Waals surface area contributed by atoms with Crippen molar-refractivity contribution in [2.45, 2.75) is 34.1 Å². The summed E-state index contributed by atoms with van der Waals surface area (Å²) >= 11 is 0. The molecule has 0 unspecified atom stereocenters. The molecule has 2 nitrogen and oxygen atoms in total. The van der Waals surface area contributed by atoms with E-state index in [4.69, 9.17) is 5.11 Å². The van der Waals surface area contributed by atoms with Gasteiger partial charge in [-0.1, -0.05) is 45.9 Å². The molecule has 1 rings (SSSR count). The van der Waals surface area contributed by atoms with E-state index < -0.39 is 5.97 Å². The second-order valence-corrected chi connectivity index (χ2v) is 3.49. The van der Waals surface area contributed by atoms with Crippen molar-refractivity contribution in [3.63, 3.8) is 0 Å². The summed E-state index contributed by atoms with van der Waals surface area (Å²) in [6.45, 7) is 8.16. The van der Waals surface area contributed by atoms with Gasteiger partial charge in [0, 0.05) is 0 Å². The van der Waals surface area contributed by atoms with Crippen molar-refractivity contribution in [2.24, 2.45) is 5.41 Å². The molecule has 1 aliphatic carbocycles. The van der Waals surface area contributed by atoms with Crippen molar-refractivity contribution in [2.75, 3.05) is 0 Å². The Bertz CT molecular complexity index is 234. The van der Waals surface area contributed by atoms with Crippen molar-refractivity contribution in [1.82, 2.24) is 0 Å². The molecular weight excluding hydrogens is 164 g/mol. The summed E-state index contributed by atoms with van der Waals surface area (Å²) in [5, 5.41) is 8.59. The van der Waals surface area contributed by atoms with E-state index >= 15 is 0 Å². The minimum Gasteiger partial charge on any atom is -0.478 e. The van der Waals surface area contributed by atoms with Crippen molar-refractivity contribution in [3.05, 3.63) is 23.8 Å². The number of allylic oxidation sites excluding steroid dienone is 2. The van der Waals surface area contributed by atoms with E-state index in [1.807, 2.05) is 19.9 Å². The van der Waals surface area contributed by atoms with Gasteiger partial charge >= 0.3 is 5.97 Å². The maximum atomic E-state index is 10.4. The molecule has 0 aromatic heterocycles. The standard InChI is InChI=1S/C9H12O2.C2H6/c1-9(2)5-3-7(4-6-9)8(10)11;1-2/h3-5H,6H2,1-2H3,(H,10,11);1-2H3. The Labute approximate surface area is 80.0 Å². The molecule has 0 saturated carbocycles. The maximum Gasteiger partial charge on any atom is 0.335 e. The van der Waals surface area contributed by atoms with Crippen LogP contribution >= 0.6 is 0 Å². The largest absolute Gasteiger partial charge is 0.478 e. The number of hydrogen-bond acceptors (Lipinski definition) is 1. The Morgan fingerprint density at radius 2 is 2.00 bits per heavy atom. The minimum absolute atomic E-state index is 0.124. The number of carboxylic acid groups (broad SMARTS) is 1. The fourth-order valence-electron chi connectivity index (χ4n) is 0.983. The lowest BCUT2D eigenvalue weighted by Gasteiger charge is -2.21. The van der Waals surface area contributed by atoms with Gasteiger partial charge in [-0.05, 0) is 11.8 Å². The fourth-order valence-corrected chi connectivity index (χ4v) is 0.983. The van der Waals surface area contributed by atoms with Crippen molar-refractivity contribution in [1.29, 1.82) is 0 Å². The predicted octanol–water partition coefficient (Wildman–Crippen LogP) is 3.01. The summed E-state index contributed by atoms with van der Waals surface area (Å²) in [7, 11) is 0. The zero-order valence-corrected chi connectivity index (χ0v) is 8.79. The highest BCUT2D eigenvalue weighted by molar-refractivity contribution is 5.90. The molecule has 0 bridgehead atoms. The molecule has 1 aliphatic rings. The molecule has 0 atom stereocenters. The summed E-state index contributed by atoms with van der Waals surface area (Å²) in [6, 6.07) is 0. The van der Waals surface area contributed by atoms with Crippen LogP contribution in [-0.2, 0) is 4.79 Å². The van der Waals surface area contributed by atoms with Gasteiger partial charge in [-0.3, -0.25) is 0 Å². The summed E-state index contributed by atoms with van der Waals surface area (Å²) < 4.78 is 0. The van der Waals surface area contributed by atoms with E-state index in [2.05, 4.69) is 13.8 Å². The second kappa shape index (κ2) is 4.85. The van der Waals surface area contributed by atoms with Gasteiger partial charge in [0.1, 0.15) is 0 Å². The summed E-state index contributed by atoms with van der Waals surface area (Å²) in [4.78, 5) is 10.4. The number of aliphatic carboxylic acids is 1. The van der Waals surface area contributed by atoms with Gasteiger partial charge in [-0.2, -0.15) is 0 Å². The number of rotatable bonds is 1. The molecule has 0 amide bonds. The first-order valence-corrected chi connectivity index (χ1v) is 4.64. The van der Waals surface area contributed by atoms with Crippen LogP contribution in [0.25, 0.3) is 0 Å². The lowest BCUT2D eigenvalue weighted by atomic mass is 9.84. The first kappa shape index (κ1) is 11.9. The van der Waals surface area contributed by atoms with E-state index in [0.717, 1.165) is 6.42 Å². The zero-order chi connectivity index (χ0) is 10.5. The van der Waals surface area contributed by atoms with E-state index in [-0.39, 0.29) is 5.41 Å². The molecule has 0 aromatic rings. The van der Waals surface area contributed by atoms with Crippen LogP contribution < -0.4 is 0 Å². The highest BCUT2D eigenvalue weighted by Gasteiger charge is 2.17. The molecule has 74 valence electrons. The highest BCUT2D eigenvalue weighted by atomic mass is 16.4. The van der Waals surface area contributed by atoms with Crippen LogP contribution in [0.5, 0.6) is 0 Å². The van der Waals surface area contributed by atoms with Crippen molar-refractivity contribution in [3.8, 4) is 0 Å². The van der Waals surface area contributed by atoms with Crippen molar-refractivity contribution >= 4 is 5.97 Å². The minimum atomic E-state index is -0.836. The quantitative estimate of drug-likeness (QED) is 0.676. The lowest BCUT2D eigenvalue weighted by molar-refractivity contribution is -0.132. The van der Waals surface area contributed by atoms with Gasteiger partial charge in [-0.25, -0.2) is 4.79 Å². The van der Waals surface area contributed by atoms with E-state index in [9.17, 15) is 4.79 Å². The number of carboxylic acids is 1. The van der Waals surface area contributed by atoms with E-state index in [1.54, 1.807) is 12.2 Å². The molecule has 0 aliphatic heterocycles. The Kier molecular flexibility index (Phi) is 4.46. The normalized spacial score (nSPS) is 18.3. The zero-order valence-electron chi connectivity index (χ0n) is 8.79. The van der Waals surface area contributed by atoms with Crippen molar-refractivity contribution < 1.29 is 9.90 Å². The summed E-state index contributed by atoms with van der Waals surface area (Å²) in [5.41, 5.74) is 0.531. The van der Waals surface area contributed by atoms with Crippen LogP contribution in [0.2, 0.25) is 0 Å². The molecule has 1 N–H and O–H groups in total. The highest BCUT2D eigenvalue weighted by Crippen LogP contribution is 2.27. The monoisotopic (exact) mass is 182 g/mol. The molecule has 2 heteroatoms. The first-order valence-electron chi connectivity index (χ1n) is 4.64. The Morgan fingerprint density at radius 1 is 1.46 bits per heavy atom. The fraction of sp³-hybridized carbons (Fsp3) is 0.545. The summed E-state index contributed by atoms with van der Waals surface area (Å²) in [6.07, 6.45) is 6.19. The van der Waals surface area contributed by atoms with Crippen LogP contribution in [0.1, 0.15) is 34.1 Å². The SMILES string of the molecule is CC.CC1(C)C=CC(C(=O)O)=CC1. The molecule has 13 heavy (non-hydrogen) atoms. The first-order chi connectivity index (χ1) is 6.01. The third kappa shape index (κ3) is 3.92. The average Bonchev–Trinajstić information content (AvgIpc) is 2.07. The van der Waals surface area contributed by atoms with Gasteiger partial charge in [0.15, 0.2) is 0 Å². The van der Waals surface area contributed by atoms with Crippen LogP contribution in [0.3, 0.4) is 0 Å². The lowest BCUT2D eigenvalue weighted by Crippen LogP contribution is -2.11. The van der Waals surface area contributed by atoms with Crippen LogP contribution in [0, 0.1) is 5.41 Å². The molecule has 0 aromatic carbocycles. The van der Waals surface area contributed by atoms with E-state index in [1.165, 1.54) is 0 Å². The topological polar surface area (TPSA) is 37.3 Å². The van der Waals surface area contributed by atoms with Gasteiger partial charge in [0.2, 0.25) is 0 Å². The molecule has 0 saturated heterocycles. The molecular formula is C11H18O2. The molecule has 0 fully saturated rings. The van der Waals surface area contributed by atoms with Gasteiger partial charge < -0.3 is 5.11 Å². The maximum absolute atomic E-state index is 10.4. The second-order valence-electron chi connectivity index (χ2n) is 3.49. The van der Waals surface area contributed by atoms with Gasteiger partial charge in [0.25, 0.3) is 0 Å². The Hall–Kier alpha value is -1.05. The number of hydrogen-bond donors (Lipinski definition) is 1. The van der Waals surface area contributed by atoms with Gasteiger partial charge in [-0.15, -0.1) is 0 Å². The average molecular weight is 182 g/mol. The predicted molar refractivity (Wildman–Crippen MR) is 54.6 cm³/mol. The van der Waals surface area contributed by atoms with Crippen LogP contribution in [0.15, 0.2) is 23.8 Å². The van der Waals surface area contributed by atoms with Gasteiger partial charge in [0.05, 0.1) is 5.57 Å².